The number of rotatable bonds is 4. The largest absolute Gasteiger partial charge is 0.271 e. The molecule has 0 fully saturated rings. The predicted molar refractivity (Wildman–Crippen MR) is 97.2 cm³/mol. The summed E-state index contributed by atoms with van der Waals surface area (Å²) >= 11 is 0. The topological polar surface area (TPSA) is 72.2 Å². The lowest BCUT2D eigenvalue weighted by molar-refractivity contribution is -0.122. The second kappa shape index (κ2) is 6.52. The summed E-state index contributed by atoms with van der Waals surface area (Å²) in [5, 5.41) is 14.8. The first kappa shape index (κ1) is 15.0. The van der Waals surface area contributed by atoms with E-state index in [1.54, 1.807) is 6.21 Å². The molecule has 122 valence electrons. The summed E-state index contributed by atoms with van der Waals surface area (Å²) in [4.78, 5) is 13.4. The number of benzene rings is 3. The molecule has 6 nitrogen and oxygen atoms in total. The molecular weight excluding hydrogens is 314 g/mol. The van der Waals surface area contributed by atoms with Crippen molar-refractivity contribution in [1.82, 2.24) is 20.4 Å². The van der Waals surface area contributed by atoms with E-state index in [1.165, 1.54) is 4.80 Å². The summed E-state index contributed by atoms with van der Waals surface area (Å²) in [5.74, 6) is -0.281. The Bertz CT molecular complexity index is 1050. The maximum atomic E-state index is 12.0. The molecule has 4 rings (SSSR count). The van der Waals surface area contributed by atoms with Crippen LogP contribution in [0.1, 0.15) is 5.56 Å². The van der Waals surface area contributed by atoms with Gasteiger partial charge in [0.05, 0.1) is 6.21 Å². The summed E-state index contributed by atoms with van der Waals surface area (Å²) in [7, 11) is 0. The number of hydrogen-bond donors (Lipinski definition) is 1. The van der Waals surface area contributed by atoms with Crippen LogP contribution in [-0.4, -0.2) is 27.1 Å². The molecule has 0 saturated carbocycles. The number of fused-ring (bicyclic) bond motifs is 2. The Hall–Kier alpha value is -3.54. The van der Waals surface area contributed by atoms with Gasteiger partial charge < -0.3 is 0 Å². The van der Waals surface area contributed by atoms with Crippen LogP contribution in [0.5, 0.6) is 0 Å². The summed E-state index contributed by atoms with van der Waals surface area (Å²) < 4.78 is 0. The Balaban J connectivity index is 1.45. The Morgan fingerprint density at radius 3 is 2.44 bits per heavy atom. The molecule has 0 atom stereocenters. The molecule has 6 heteroatoms. The van der Waals surface area contributed by atoms with Gasteiger partial charge in [-0.1, -0.05) is 54.6 Å². The first-order chi connectivity index (χ1) is 12.3. The van der Waals surface area contributed by atoms with Gasteiger partial charge in [-0.2, -0.15) is 20.1 Å². The highest BCUT2D eigenvalue weighted by Crippen LogP contribution is 2.16. The molecule has 0 unspecified atom stereocenters. The Morgan fingerprint density at radius 2 is 1.64 bits per heavy atom. The van der Waals surface area contributed by atoms with E-state index in [9.17, 15) is 4.79 Å². The van der Waals surface area contributed by atoms with Gasteiger partial charge in [-0.05, 0) is 22.9 Å². The van der Waals surface area contributed by atoms with Gasteiger partial charge in [0.25, 0.3) is 5.91 Å². The Morgan fingerprint density at radius 1 is 0.960 bits per heavy atom. The summed E-state index contributed by atoms with van der Waals surface area (Å²) in [5.41, 5.74) is 4.98. The quantitative estimate of drug-likeness (QED) is 0.462. The van der Waals surface area contributed by atoms with E-state index in [-0.39, 0.29) is 12.5 Å². The summed E-state index contributed by atoms with van der Waals surface area (Å²) in [6, 6.07) is 21.5. The molecular formula is C19H15N5O. The van der Waals surface area contributed by atoms with Gasteiger partial charge in [-0.3, -0.25) is 4.79 Å². The van der Waals surface area contributed by atoms with Gasteiger partial charge >= 0.3 is 0 Å². The number of nitrogens with zero attached hydrogens (tertiary/aromatic N) is 4. The van der Waals surface area contributed by atoms with Crippen LogP contribution >= 0.6 is 0 Å². The van der Waals surface area contributed by atoms with Crippen molar-refractivity contribution in [3.8, 4) is 0 Å². The van der Waals surface area contributed by atoms with Crippen LogP contribution in [0.25, 0.3) is 21.8 Å². The van der Waals surface area contributed by atoms with E-state index >= 15 is 0 Å². The molecule has 1 amide bonds. The van der Waals surface area contributed by atoms with Crippen LogP contribution in [0.3, 0.4) is 0 Å². The molecule has 4 aromatic rings. The number of amides is 1. The summed E-state index contributed by atoms with van der Waals surface area (Å²) in [6.45, 7) is 0.0154. The molecule has 0 radical (unpaired) electrons. The second-order valence-electron chi connectivity index (χ2n) is 5.58. The zero-order valence-electron chi connectivity index (χ0n) is 13.3. The molecule has 1 N–H and O–H groups in total. The van der Waals surface area contributed by atoms with Gasteiger partial charge in [0, 0.05) is 5.56 Å². The van der Waals surface area contributed by atoms with Crippen molar-refractivity contribution < 1.29 is 4.79 Å². The minimum Gasteiger partial charge on any atom is -0.271 e. The zero-order valence-corrected chi connectivity index (χ0v) is 13.3. The fourth-order valence-electron chi connectivity index (χ4n) is 2.68. The van der Waals surface area contributed by atoms with E-state index in [2.05, 4.69) is 20.7 Å². The minimum absolute atomic E-state index is 0.0154. The highest BCUT2D eigenvalue weighted by Gasteiger charge is 2.06. The molecule has 0 aliphatic carbocycles. The third-order valence-corrected chi connectivity index (χ3v) is 3.83. The lowest BCUT2D eigenvalue weighted by Crippen LogP contribution is -2.24. The van der Waals surface area contributed by atoms with Crippen LogP contribution in [0.4, 0.5) is 0 Å². The monoisotopic (exact) mass is 329 g/mol. The molecule has 0 saturated heterocycles. The highest BCUT2D eigenvalue weighted by atomic mass is 16.2. The lowest BCUT2D eigenvalue weighted by Gasteiger charge is -2.02. The van der Waals surface area contributed by atoms with Crippen molar-refractivity contribution in [2.24, 2.45) is 5.10 Å². The van der Waals surface area contributed by atoms with Crippen molar-refractivity contribution >= 4 is 33.9 Å². The predicted octanol–water partition coefficient (Wildman–Crippen LogP) is 2.73. The third-order valence-electron chi connectivity index (χ3n) is 3.83. The van der Waals surface area contributed by atoms with E-state index in [0.29, 0.717) is 0 Å². The van der Waals surface area contributed by atoms with E-state index in [1.807, 2.05) is 66.7 Å². The van der Waals surface area contributed by atoms with E-state index < -0.39 is 0 Å². The normalized spacial score (nSPS) is 11.4. The molecule has 25 heavy (non-hydrogen) atoms. The summed E-state index contributed by atoms with van der Waals surface area (Å²) in [6.07, 6.45) is 1.65. The van der Waals surface area contributed by atoms with Gasteiger partial charge in [0.2, 0.25) is 0 Å². The van der Waals surface area contributed by atoms with Crippen molar-refractivity contribution in [2.45, 2.75) is 6.54 Å². The highest BCUT2D eigenvalue weighted by molar-refractivity contribution is 5.99. The first-order valence-corrected chi connectivity index (χ1v) is 7.89. The lowest BCUT2D eigenvalue weighted by atomic mass is 10.1. The number of carbonyl (C=O) groups excluding carboxylic acids is 1. The maximum absolute atomic E-state index is 12.0. The Labute approximate surface area is 143 Å². The van der Waals surface area contributed by atoms with E-state index in [4.69, 9.17) is 0 Å². The molecule has 0 aliphatic rings. The maximum Gasteiger partial charge on any atom is 0.263 e. The molecule has 1 heterocycles. The average molecular weight is 329 g/mol. The van der Waals surface area contributed by atoms with Gasteiger partial charge in [0.1, 0.15) is 17.6 Å². The molecule has 0 aliphatic heterocycles. The van der Waals surface area contributed by atoms with E-state index in [0.717, 1.165) is 27.4 Å². The first-order valence-electron chi connectivity index (χ1n) is 7.89. The van der Waals surface area contributed by atoms with Crippen LogP contribution in [0.2, 0.25) is 0 Å². The second-order valence-corrected chi connectivity index (χ2v) is 5.58. The van der Waals surface area contributed by atoms with Gasteiger partial charge in [-0.25, -0.2) is 5.43 Å². The molecule has 1 aromatic heterocycles. The van der Waals surface area contributed by atoms with Gasteiger partial charge in [-0.15, -0.1) is 0 Å². The van der Waals surface area contributed by atoms with Gasteiger partial charge in [0.15, 0.2) is 0 Å². The van der Waals surface area contributed by atoms with Crippen LogP contribution in [-0.2, 0) is 11.3 Å². The molecule has 0 spiro atoms. The van der Waals surface area contributed by atoms with Crippen molar-refractivity contribution in [3.63, 3.8) is 0 Å². The van der Waals surface area contributed by atoms with Crippen LogP contribution < -0.4 is 5.43 Å². The van der Waals surface area contributed by atoms with Crippen LogP contribution in [0, 0.1) is 0 Å². The molecule has 0 bridgehead atoms. The number of carbonyl (C=O) groups is 1. The number of hydrogen-bond acceptors (Lipinski definition) is 4. The Kier molecular flexibility index (Phi) is 3.92. The average Bonchev–Trinajstić information content (AvgIpc) is 3.04. The third kappa shape index (κ3) is 3.23. The van der Waals surface area contributed by atoms with Crippen LogP contribution in [0.15, 0.2) is 71.8 Å². The smallest absolute Gasteiger partial charge is 0.263 e. The van der Waals surface area contributed by atoms with Crippen molar-refractivity contribution in [3.05, 3.63) is 72.3 Å². The fourth-order valence-corrected chi connectivity index (χ4v) is 2.68. The number of hydrazone groups is 1. The standard InChI is InChI=1S/C19H15N5O/c25-19(13-24-22-17-10-3-4-11-18(17)23-24)21-20-12-15-8-5-7-14-6-1-2-9-16(14)15/h1-12H,13H2,(H,21,25)/b20-12-. The number of aromatic nitrogens is 3. The fraction of sp³-hybridized carbons (Fsp3) is 0.0526. The zero-order chi connectivity index (χ0) is 17.1. The molecule has 3 aromatic carbocycles. The SMILES string of the molecule is O=C(Cn1nc2ccccc2n1)N/N=C\c1cccc2ccccc12. The van der Waals surface area contributed by atoms with Crippen molar-refractivity contribution in [2.75, 3.05) is 0 Å². The van der Waals surface area contributed by atoms with Crippen molar-refractivity contribution in [1.29, 1.82) is 0 Å². The minimum atomic E-state index is -0.281. The number of nitrogens with one attached hydrogen (secondary N) is 1.